The number of aryl methyl sites for hydroxylation is 2. The maximum Gasteiger partial charge on any atom is 0.256 e. The van der Waals surface area contributed by atoms with E-state index in [1.165, 1.54) is 5.56 Å². The Hall–Kier alpha value is -3.60. The number of hydrogen-bond acceptors (Lipinski definition) is 3. The zero-order valence-corrected chi connectivity index (χ0v) is 16.1. The van der Waals surface area contributed by atoms with E-state index in [1.807, 2.05) is 66.9 Å². The molecular weight excluding hydrogens is 350 g/mol. The Kier molecular flexibility index (Phi) is 4.57. The van der Waals surface area contributed by atoms with Gasteiger partial charge in [0.05, 0.1) is 7.11 Å². The van der Waals surface area contributed by atoms with Crippen molar-refractivity contribution in [3.63, 3.8) is 0 Å². The molecule has 28 heavy (non-hydrogen) atoms. The highest BCUT2D eigenvalue weighted by Gasteiger charge is 2.17. The minimum Gasteiger partial charge on any atom is -0.497 e. The lowest BCUT2D eigenvalue weighted by Crippen LogP contribution is -2.14. The van der Waals surface area contributed by atoms with Crippen LogP contribution in [0.25, 0.3) is 16.9 Å². The maximum atomic E-state index is 12.9. The Morgan fingerprint density at radius 2 is 1.79 bits per heavy atom. The number of ether oxygens (including phenoxy) is 1. The lowest BCUT2D eigenvalue weighted by atomic mass is 10.1. The van der Waals surface area contributed by atoms with Gasteiger partial charge in [0.25, 0.3) is 5.91 Å². The number of amides is 1. The summed E-state index contributed by atoms with van der Waals surface area (Å²) in [5, 5.41) is 3.04. The summed E-state index contributed by atoms with van der Waals surface area (Å²) in [6.07, 6.45) is 1.93. The number of carbonyl (C=O) groups is 1. The van der Waals surface area contributed by atoms with E-state index in [-0.39, 0.29) is 5.91 Å². The van der Waals surface area contributed by atoms with Crippen LogP contribution in [0, 0.1) is 13.8 Å². The smallest absolute Gasteiger partial charge is 0.256 e. The molecule has 5 heteroatoms. The normalized spacial score (nSPS) is 10.8. The van der Waals surface area contributed by atoms with Crippen molar-refractivity contribution in [1.82, 2.24) is 9.38 Å². The number of aromatic nitrogens is 2. The third-order valence-electron chi connectivity index (χ3n) is 4.67. The summed E-state index contributed by atoms with van der Waals surface area (Å²) < 4.78 is 7.13. The van der Waals surface area contributed by atoms with Crippen LogP contribution in [0.3, 0.4) is 0 Å². The molecule has 0 aliphatic heterocycles. The molecule has 0 fully saturated rings. The van der Waals surface area contributed by atoms with Crippen molar-refractivity contribution >= 4 is 17.4 Å². The third-order valence-corrected chi connectivity index (χ3v) is 4.67. The number of methoxy groups -OCH3 is 1. The first kappa shape index (κ1) is 17.8. The van der Waals surface area contributed by atoms with E-state index >= 15 is 0 Å². The molecule has 2 aromatic heterocycles. The molecule has 2 heterocycles. The molecule has 0 aliphatic rings. The van der Waals surface area contributed by atoms with Crippen molar-refractivity contribution in [2.24, 2.45) is 0 Å². The average Bonchev–Trinajstić information content (AvgIpc) is 3.05. The molecule has 0 saturated heterocycles. The van der Waals surface area contributed by atoms with Crippen molar-refractivity contribution < 1.29 is 9.53 Å². The molecule has 0 radical (unpaired) electrons. The molecule has 4 aromatic rings. The number of anilines is 1. The van der Waals surface area contributed by atoms with Gasteiger partial charge in [-0.15, -0.1) is 0 Å². The van der Waals surface area contributed by atoms with Gasteiger partial charge in [0.1, 0.15) is 22.9 Å². The molecule has 0 unspecified atom stereocenters. The molecule has 5 nitrogen and oxygen atoms in total. The Morgan fingerprint density at radius 3 is 2.54 bits per heavy atom. The van der Waals surface area contributed by atoms with Crippen molar-refractivity contribution in [2.75, 3.05) is 12.4 Å². The van der Waals surface area contributed by atoms with E-state index in [1.54, 1.807) is 25.3 Å². The van der Waals surface area contributed by atoms with E-state index in [0.717, 1.165) is 22.5 Å². The highest BCUT2D eigenvalue weighted by molar-refractivity contribution is 6.06. The van der Waals surface area contributed by atoms with Gasteiger partial charge >= 0.3 is 0 Å². The van der Waals surface area contributed by atoms with Gasteiger partial charge in [0.15, 0.2) is 0 Å². The predicted molar refractivity (Wildman–Crippen MR) is 111 cm³/mol. The van der Waals surface area contributed by atoms with Crippen LogP contribution in [0.4, 0.5) is 5.82 Å². The summed E-state index contributed by atoms with van der Waals surface area (Å²) in [7, 11) is 1.58. The van der Waals surface area contributed by atoms with Gasteiger partial charge in [0.2, 0.25) is 0 Å². The van der Waals surface area contributed by atoms with Gasteiger partial charge < -0.3 is 10.1 Å². The first-order chi connectivity index (χ1) is 13.5. The Balaban J connectivity index is 1.81. The fraction of sp³-hybridized carbons (Fsp3) is 0.130. The number of rotatable bonds is 4. The van der Waals surface area contributed by atoms with Gasteiger partial charge in [-0.25, -0.2) is 4.98 Å². The molecule has 0 atom stereocenters. The van der Waals surface area contributed by atoms with Crippen molar-refractivity contribution in [1.29, 1.82) is 0 Å². The minimum atomic E-state index is -0.213. The maximum absolute atomic E-state index is 12.9. The van der Waals surface area contributed by atoms with Crippen LogP contribution >= 0.6 is 0 Å². The Bertz CT molecular complexity index is 1160. The molecule has 0 spiro atoms. The van der Waals surface area contributed by atoms with Crippen LogP contribution < -0.4 is 10.1 Å². The van der Waals surface area contributed by atoms with Crippen LogP contribution in [0.15, 0.2) is 66.9 Å². The molecule has 1 N–H and O–H groups in total. The first-order valence-electron chi connectivity index (χ1n) is 9.06. The minimum absolute atomic E-state index is 0.213. The molecule has 1 amide bonds. The number of nitrogens with one attached hydrogen (secondary N) is 1. The van der Waals surface area contributed by atoms with E-state index in [9.17, 15) is 4.79 Å². The number of fused-ring (bicyclic) bond motifs is 1. The van der Waals surface area contributed by atoms with E-state index in [0.29, 0.717) is 17.1 Å². The van der Waals surface area contributed by atoms with Crippen molar-refractivity contribution in [3.8, 4) is 17.0 Å². The first-order valence-corrected chi connectivity index (χ1v) is 9.06. The lowest BCUT2D eigenvalue weighted by Gasteiger charge is -2.09. The molecule has 0 saturated carbocycles. The summed E-state index contributed by atoms with van der Waals surface area (Å²) in [5.74, 6) is 1.07. The summed E-state index contributed by atoms with van der Waals surface area (Å²) in [6, 6.07) is 19.2. The average molecular weight is 371 g/mol. The lowest BCUT2D eigenvalue weighted by molar-refractivity contribution is 0.102. The number of pyridine rings is 1. The summed E-state index contributed by atoms with van der Waals surface area (Å²) in [5.41, 5.74) is 5.28. The second-order valence-corrected chi connectivity index (χ2v) is 6.79. The van der Waals surface area contributed by atoms with Crippen LogP contribution in [-0.2, 0) is 0 Å². The molecular formula is C23H21N3O2. The van der Waals surface area contributed by atoms with E-state index in [4.69, 9.17) is 9.72 Å². The largest absolute Gasteiger partial charge is 0.497 e. The molecule has 2 aromatic carbocycles. The van der Waals surface area contributed by atoms with Crippen molar-refractivity contribution in [3.05, 3.63) is 83.6 Å². The van der Waals surface area contributed by atoms with Crippen molar-refractivity contribution in [2.45, 2.75) is 13.8 Å². The summed E-state index contributed by atoms with van der Waals surface area (Å²) in [4.78, 5) is 17.7. The van der Waals surface area contributed by atoms with E-state index in [2.05, 4.69) is 5.32 Å². The standard InChI is InChI=1S/C23H21N3O2/c1-15-7-9-17(10-8-15)21-22(26-12-11-16(2)13-20(26)24-21)25-23(27)18-5-4-6-19(14-18)28-3/h4-14H,1-3H3,(H,25,27). The van der Waals surface area contributed by atoms with Gasteiger partial charge in [-0.2, -0.15) is 0 Å². The topological polar surface area (TPSA) is 55.6 Å². The molecule has 0 aliphatic carbocycles. The summed E-state index contributed by atoms with van der Waals surface area (Å²) >= 11 is 0. The van der Waals surface area contributed by atoms with Crippen LogP contribution in [0.1, 0.15) is 21.5 Å². The van der Waals surface area contributed by atoms with Crippen LogP contribution in [-0.4, -0.2) is 22.4 Å². The SMILES string of the molecule is COc1cccc(C(=O)Nc2c(-c3ccc(C)cc3)nc3cc(C)ccn23)c1. The van der Waals surface area contributed by atoms with Gasteiger partial charge in [-0.1, -0.05) is 35.9 Å². The fourth-order valence-electron chi connectivity index (χ4n) is 3.12. The summed E-state index contributed by atoms with van der Waals surface area (Å²) in [6.45, 7) is 4.07. The third kappa shape index (κ3) is 3.34. The van der Waals surface area contributed by atoms with Gasteiger partial charge in [-0.05, 0) is 49.7 Å². The van der Waals surface area contributed by atoms with Gasteiger partial charge in [0, 0.05) is 17.3 Å². The van der Waals surface area contributed by atoms with Crippen LogP contribution in [0.5, 0.6) is 5.75 Å². The number of nitrogens with zero attached hydrogens (tertiary/aromatic N) is 2. The number of hydrogen-bond donors (Lipinski definition) is 1. The Morgan fingerprint density at radius 1 is 1.00 bits per heavy atom. The van der Waals surface area contributed by atoms with Crippen LogP contribution in [0.2, 0.25) is 0 Å². The highest BCUT2D eigenvalue weighted by atomic mass is 16.5. The molecule has 4 rings (SSSR count). The molecule has 140 valence electrons. The zero-order chi connectivity index (χ0) is 19.7. The fourth-order valence-corrected chi connectivity index (χ4v) is 3.12. The quantitative estimate of drug-likeness (QED) is 0.556. The highest BCUT2D eigenvalue weighted by Crippen LogP contribution is 2.30. The second kappa shape index (κ2) is 7.19. The monoisotopic (exact) mass is 371 g/mol. The number of carbonyl (C=O) groups excluding carboxylic acids is 1. The zero-order valence-electron chi connectivity index (χ0n) is 16.1. The number of imidazole rings is 1. The second-order valence-electron chi connectivity index (χ2n) is 6.79. The van der Waals surface area contributed by atoms with E-state index < -0.39 is 0 Å². The Labute approximate surface area is 163 Å². The number of benzene rings is 2. The predicted octanol–water partition coefficient (Wildman–Crippen LogP) is 4.88. The molecule has 0 bridgehead atoms. The van der Waals surface area contributed by atoms with Gasteiger partial charge in [-0.3, -0.25) is 9.20 Å².